The smallest absolute Gasteiger partial charge is 0.350 e. The number of nitrogens with one attached hydrogen (secondary N) is 2. The molecule has 6 rings (SSSR count). The Labute approximate surface area is 234 Å². The molecule has 216 valence electrons. The number of hydrogen-bond acceptors (Lipinski definition) is 6. The van der Waals surface area contributed by atoms with E-state index < -0.39 is 59.9 Å². The van der Waals surface area contributed by atoms with Crippen LogP contribution in [-0.4, -0.2) is 65.8 Å². The lowest BCUT2D eigenvalue weighted by atomic mass is 9.44. The molecule has 8 nitrogen and oxygen atoms in total. The molecule has 1 aliphatic heterocycles. The highest BCUT2D eigenvalue weighted by Crippen LogP contribution is 2.60. The van der Waals surface area contributed by atoms with Gasteiger partial charge in [0.05, 0.1) is 17.3 Å². The fourth-order valence-electron chi connectivity index (χ4n) is 5.41. The average molecular weight is 610 g/mol. The van der Waals surface area contributed by atoms with Crippen molar-refractivity contribution in [2.45, 2.75) is 55.0 Å². The van der Waals surface area contributed by atoms with Crippen molar-refractivity contribution in [2.24, 2.45) is 0 Å². The fraction of sp³-hybridized carbons (Fsp3) is 0.440. The number of hydrogen-bond donors (Lipinski definition) is 3. The number of aliphatic hydroxyl groups is 1. The molecular formula is C25H22Cl2F5N3O5. The van der Waals surface area contributed by atoms with E-state index >= 15 is 0 Å². The van der Waals surface area contributed by atoms with Crippen molar-refractivity contribution >= 4 is 40.7 Å². The molecule has 2 bridgehead atoms. The van der Waals surface area contributed by atoms with Gasteiger partial charge in [0.25, 0.3) is 11.8 Å². The molecule has 2 unspecified atom stereocenters. The van der Waals surface area contributed by atoms with Gasteiger partial charge in [0.2, 0.25) is 0 Å². The van der Waals surface area contributed by atoms with Crippen LogP contribution in [0.25, 0.3) is 0 Å². The number of aliphatic hydroxyl groups excluding tert-OH is 1. The zero-order valence-corrected chi connectivity index (χ0v) is 21.9. The Balaban J connectivity index is 1.17. The van der Waals surface area contributed by atoms with E-state index in [1.54, 1.807) is 0 Å². The number of fused-ring (bicyclic) bond motifs is 1. The molecule has 2 atom stereocenters. The van der Waals surface area contributed by atoms with Crippen LogP contribution in [0.4, 0.5) is 27.6 Å². The van der Waals surface area contributed by atoms with E-state index in [1.807, 2.05) is 0 Å². The lowest BCUT2D eigenvalue weighted by Crippen LogP contribution is -2.84. The Kier molecular flexibility index (Phi) is 7.20. The highest BCUT2D eigenvalue weighted by atomic mass is 35.5. The molecule has 3 saturated carbocycles. The summed E-state index contributed by atoms with van der Waals surface area (Å²) < 4.78 is 78.5. The summed E-state index contributed by atoms with van der Waals surface area (Å²) in [5.74, 6) is -6.62. The van der Waals surface area contributed by atoms with Gasteiger partial charge < -0.3 is 30.1 Å². The summed E-state index contributed by atoms with van der Waals surface area (Å²) in [5, 5.41) is 15.8. The summed E-state index contributed by atoms with van der Waals surface area (Å²) in [6.07, 6.45) is -7.40. The largest absolute Gasteiger partial charge is 0.484 e. The number of amides is 2. The Morgan fingerprint density at radius 1 is 1.12 bits per heavy atom. The fourth-order valence-corrected chi connectivity index (χ4v) is 5.70. The van der Waals surface area contributed by atoms with Crippen LogP contribution >= 0.6 is 23.2 Å². The van der Waals surface area contributed by atoms with Gasteiger partial charge in [0.1, 0.15) is 17.3 Å². The SMILES string of the molecule is O=C(COc1ccc(Cl)c(F)c1)NC12CC(NC(=O)C3CN(C(O)C(F)(F)C(F)F)c4cc(Cl)ccc4O3)(C1)C2. The van der Waals surface area contributed by atoms with E-state index in [-0.39, 0.29) is 33.8 Å². The van der Waals surface area contributed by atoms with Crippen molar-refractivity contribution in [3.63, 3.8) is 0 Å². The van der Waals surface area contributed by atoms with Gasteiger partial charge in [-0.25, -0.2) is 13.2 Å². The van der Waals surface area contributed by atoms with E-state index in [1.165, 1.54) is 24.3 Å². The minimum atomic E-state index is -4.80. The Morgan fingerprint density at radius 3 is 2.45 bits per heavy atom. The van der Waals surface area contributed by atoms with Crippen LogP contribution in [-0.2, 0) is 9.59 Å². The summed E-state index contributed by atoms with van der Waals surface area (Å²) in [6, 6.07) is 7.57. The van der Waals surface area contributed by atoms with Gasteiger partial charge in [-0.05, 0) is 49.6 Å². The molecule has 3 aliphatic carbocycles. The number of anilines is 1. The quantitative estimate of drug-likeness (QED) is 0.373. The summed E-state index contributed by atoms with van der Waals surface area (Å²) >= 11 is 11.5. The van der Waals surface area contributed by atoms with Crippen LogP contribution in [0.5, 0.6) is 11.5 Å². The first-order valence-corrected chi connectivity index (χ1v) is 12.8. The average Bonchev–Trinajstić information content (AvgIpc) is 2.86. The number of halogens is 7. The van der Waals surface area contributed by atoms with Gasteiger partial charge in [-0.15, -0.1) is 0 Å². The van der Waals surface area contributed by atoms with Crippen LogP contribution in [0, 0.1) is 5.82 Å². The predicted molar refractivity (Wildman–Crippen MR) is 133 cm³/mol. The highest BCUT2D eigenvalue weighted by molar-refractivity contribution is 6.31. The molecule has 1 heterocycles. The summed E-state index contributed by atoms with van der Waals surface area (Å²) in [4.78, 5) is 25.9. The van der Waals surface area contributed by atoms with Crippen molar-refractivity contribution < 1.29 is 46.1 Å². The second kappa shape index (κ2) is 10.1. The standard InChI is InChI=1S/C25H22Cl2F5N3O5/c26-12-1-4-17-16(5-12)35(22(38)25(31,32)21(29)30)7-18(40-17)20(37)34-24-9-23(10-24,11-24)33-19(36)8-39-13-2-3-14(27)15(28)6-13/h1-6,18,21-22,38H,7-11H2,(H,33,36)(H,34,37). The first-order chi connectivity index (χ1) is 18.7. The number of carbonyl (C=O) groups is 2. The molecule has 0 aromatic heterocycles. The zero-order valence-electron chi connectivity index (χ0n) is 20.4. The monoisotopic (exact) mass is 609 g/mol. The van der Waals surface area contributed by atoms with Crippen molar-refractivity contribution in [1.29, 1.82) is 0 Å². The number of ether oxygens (including phenoxy) is 2. The lowest BCUT2D eigenvalue weighted by molar-refractivity contribution is -0.192. The Morgan fingerprint density at radius 2 is 1.80 bits per heavy atom. The normalized spacial score (nSPS) is 25.6. The van der Waals surface area contributed by atoms with Crippen LogP contribution in [0.1, 0.15) is 19.3 Å². The van der Waals surface area contributed by atoms with E-state index in [0.29, 0.717) is 24.2 Å². The van der Waals surface area contributed by atoms with Crippen molar-refractivity contribution in [3.8, 4) is 11.5 Å². The maximum absolute atomic E-state index is 14.0. The highest BCUT2D eigenvalue weighted by Gasteiger charge is 2.69. The molecule has 2 aromatic carbocycles. The third-order valence-electron chi connectivity index (χ3n) is 7.17. The van der Waals surface area contributed by atoms with Crippen molar-refractivity contribution in [1.82, 2.24) is 10.6 Å². The minimum absolute atomic E-state index is 0.0785. The first-order valence-electron chi connectivity index (χ1n) is 12.0. The molecular weight excluding hydrogens is 588 g/mol. The Bertz CT molecular complexity index is 1330. The molecule has 4 aliphatic rings. The molecule has 15 heteroatoms. The maximum atomic E-state index is 14.0. The molecule has 3 N–H and O–H groups in total. The molecule has 2 amide bonds. The van der Waals surface area contributed by atoms with E-state index in [2.05, 4.69) is 10.6 Å². The third-order valence-corrected chi connectivity index (χ3v) is 7.71. The van der Waals surface area contributed by atoms with Crippen molar-refractivity contribution in [3.05, 3.63) is 52.3 Å². The van der Waals surface area contributed by atoms with Gasteiger partial charge in [-0.1, -0.05) is 23.2 Å². The Hall–Kier alpha value is -3.03. The van der Waals surface area contributed by atoms with E-state index in [9.17, 15) is 36.6 Å². The minimum Gasteiger partial charge on any atom is -0.484 e. The number of carbonyl (C=O) groups excluding carboxylic acids is 2. The predicted octanol–water partition coefficient (Wildman–Crippen LogP) is 3.91. The van der Waals surface area contributed by atoms with Crippen LogP contribution in [0.3, 0.4) is 0 Å². The number of nitrogens with zero attached hydrogens (tertiary/aromatic N) is 1. The molecule has 0 saturated heterocycles. The molecule has 40 heavy (non-hydrogen) atoms. The number of rotatable bonds is 9. The van der Waals surface area contributed by atoms with Crippen molar-refractivity contribution in [2.75, 3.05) is 18.1 Å². The van der Waals surface area contributed by atoms with E-state index in [4.69, 9.17) is 32.7 Å². The third kappa shape index (κ3) is 5.21. The second-order valence-corrected chi connectivity index (χ2v) is 11.1. The van der Waals surface area contributed by atoms with Gasteiger partial charge in [-0.3, -0.25) is 9.59 Å². The molecule has 0 radical (unpaired) electrons. The topological polar surface area (TPSA) is 100 Å². The second-order valence-electron chi connectivity index (χ2n) is 10.2. The van der Waals surface area contributed by atoms with E-state index in [0.717, 1.165) is 12.1 Å². The van der Waals surface area contributed by atoms with Gasteiger partial charge in [0.15, 0.2) is 18.9 Å². The summed E-state index contributed by atoms with van der Waals surface area (Å²) in [6.45, 7) is -1.02. The van der Waals surface area contributed by atoms with Gasteiger partial charge in [-0.2, -0.15) is 8.78 Å². The lowest BCUT2D eigenvalue weighted by Gasteiger charge is -2.70. The van der Waals surface area contributed by atoms with Gasteiger partial charge >= 0.3 is 12.3 Å². The molecule has 0 spiro atoms. The number of alkyl halides is 4. The van der Waals surface area contributed by atoms with Crippen LogP contribution < -0.4 is 25.0 Å². The first kappa shape index (κ1) is 28.5. The van der Waals surface area contributed by atoms with Crippen LogP contribution in [0.2, 0.25) is 10.0 Å². The zero-order chi connectivity index (χ0) is 29.0. The van der Waals surface area contributed by atoms with Crippen LogP contribution in [0.15, 0.2) is 36.4 Å². The maximum Gasteiger partial charge on any atom is 0.350 e. The summed E-state index contributed by atoms with van der Waals surface area (Å²) in [7, 11) is 0. The summed E-state index contributed by atoms with van der Waals surface area (Å²) in [5.41, 5.74) is -1.41. The van der Waals surface area contributed by atoms with Gasteiger partial charge in [0, 0.05) is 22.2 Å². The number of benzene rings is 2. The molecule has 2 aromatic rings. The molecule has 3 fully saturated rings.